The summed E-state index contributed by atoms with van der Waals surface area (Å²) in [6.45, 7) is 2.31. The molecule has 7 nitrogen and oxygen atoms in total. The molecular weight excluding hydrogens is 402 g/mol. The third-order valence-corrected chi connectivity index (χ3v) is 6.59. The molecule has 2 aliphatic heterocycles. The van der Waals surface area contributed by atoms with Crippen LogP contribution in [0.4, 0.5) is 5.69 Å². The molecule has 2 saturated heterocycles. The van der Waals surface area contributed by atoms with Crippen molar-refractivity contribution in [3.05, 3.63) is 66.1 Å². The van der Waals surface area contributed by atoms with Gasteiger partial charge in [0.2, 0.25) is 11.8 Å². The third-order valence-electron chi connectivity index (χ3n) is 6.59. The molecule has 7 heteroatoms. The number of nitrogen functional groups attached to an aromatic ring is 1. The topological polar surface area (TPSA) is 92.4 Å². The van der Waals surface area contributed by atoms with E-state index in [1.54, 1.807) is 17.3 Å². The van der Waals surface area contributed by atoms with E-state index in [0.717, 1.165) is 41.5 Å². The van der Waals surface area contributed by atoms with Gasteiger partial charge < -0.3 is 15.5 Å². The van der Waals surface area contributed by atoms with Crippen molar-refractivity contribution in [2.24, 2.45) is 5.92 Å². The molecule has 5 rings (SSSR count). The number of rotatable bonds is 4. The van der Waals surface area contributed by atoms with E-state index in [9.17, 15) is 9.59 Å². The van der Waals surface area contributed by atoms with E-state index < -0.39 is 0 Å². The Morgan fingerprint density at radius 2 is 1.94 bits per heavy atom. The molecule has 3 aromatic rings. The van der Waals surface area contributed by atoms with Gasteiger partial charge >= 0.3 is 0 Å². The average molecular weight is 430 g/mol. The molecule has 164 valence electrons. The zero-order valence-electron chi connectivity index (χ0n) is 18.0. The minimum Gasteiger partial charge on any atom is -0.397 e. The van der Waals surface area contributed by atoms with Crippen LogP contribution in [0.15, 0.2) is 54.9 Å². The molecule has 2 N–H and O–H groups in total. The lowest BCUT2D eigenvalue weighted by atomic mass is 9.91. The molecule has 0 aliphatic carbocycles. The number of para-hydroxylation sites is 1. The maximum Gasteiger partial charge on any atom is 0.228 e. The molecule has 2 fully saturated rings. The summed E-state index contributed by atoms with van der Waals surface area (Å²) in [5.41, 5.74) is 9.86. The van der Waals surface area contributed by atoms with Gasteiger partial charge in [-0.3, -0.25) is 19.6 Å². The fraction of sp³-hybridized carbons (Fsp3) is 0.360. The minimum atomic E-state index is -0.287. The number of likely N-dealkylation sites (tertiary alicyclic amines) is 2. The van der Waals surface area contributed by atoms with Gasteiger partial charge in [-0.05, 0) is 42.7 Å². The van der Waals surface area contributed by atoms with Gasteiger partial charge in [0, 0.05) is 56.3 Å². The number of pyridine rings is 2. The van der Waals surface area contributed by atoms with Crippen LogP contribution in [0.1, 0.15) is 36.4 Å². The first-order valence-electron chi connectivity index (χ1n) is 11.2. The van der Waals surface area contributed by atoms with Crippen molar-refractivity contribution in [2.75, 3.05) is 25.4 Å². The summed E-state index contributed by atoms with van der Waals surface area (Å²) >= 11 is 0. The first kappa shape index (κ1) is 20.4. The molecule has 2 atom stereocenters. The molecule has 0 unspecified atom stereocenters. The van der Waals surface area contributed by atoms with Gasteiger partial charge in [0.25, 0.3) is 0 Å². The Bertz CT molecular complexity index is 1150. The van der Waals surface area contributed by atoms with E-state index in [2.05, 4.69) is 4.98 Å². The number of hydrogen-bond acceptors (Lipinski definition) is 5. The molecule has 0 saturated carbocycles. The Balaban J connectivity index is 1.28. The van der Waals surface area contributed by atoms with Gasteiger partial charge in [0.15, 0.2) is 0 Å². The number of benzene rings is 1. The largest absolute Gasteiger partial charge is 0.397 e. The zero-order valence-corrected chi connectivity index (χ0v) is 18.0. The fourth-order valence-corrected chi connectivity index (χ4v) is 4.93. The van der Waals surface area contributed by atoms with Crippen LogP contribution < -0.4 is 5.73 Å². The summed E-state index contributed by atoms with van der Waals surface area (Å²) in [5, 5.41) is 1.02. The van der Waals surface area contributed by atoms with Gasteiger partial charge in [-0.1, -0.05) is 18.2 Å². The van der Waals surface area contributed by atoms with Crippen LogP contribution >= 0.6 is 0 Å². The number of nitrogens with two attached hydrogens (primary N) is 1. The number of hydrogen-bond donors (Lipinski definition) is 1. The van der Waals surface area contributed by atoms with E-state index in [0.29, 0.717) is 25.3 Å². The second kappa shape index (κ2) is 8.57. The van der Waals surface area contributed by atoms with Crippen LogP contribution in [0.25, 0.3) is 10.9 Å². The van der Waals surface area contributed by atoms with Crippen molar-refractivity contribution in [1.82, 2.24) is 19.8 Å². The van der Waals surface area contributed by atoms with E-state index in [4.69, 9.17) is 10.7 Å². The molecule has 1 aromatic carbocycles. The average Bonchev–Trinajstić information content (AvgIpc) is 3.19. The zero-order chi connectivity index (χ0) is 22.1. The van der Waals surface area contributed by atoms with E-state index in [1.807, 2.05) is 47.4 Å². The monoisotopic (exact) mass is 429 g/mol. The van der Waals surface area contributed by atoms with Crippen LogP contribution in [0.3, 0.4) is 0 Å². The lowest BCUT2D eigenvalue weighted by Crippen LogP contribution is -2.43. The summed E-state index contributed by atoms with van der Waals surface area (Å²) in [6.07, 6.45) is 5.59. The first-order chi connectivity index (χ1) is 15.6. The number of fused-ring (bicyclic) bond motifs is 1. The smallest absolute Gasteiger partial charge is 0.228 e. The fourth-order valence-electron chi connectivity index (χ4n) is 4.93. The van der Waals surface area contributed by atoms with Crippen molar-refractivity contribution in [2.45, 2.75) is 31.7 Å². The standard InChI is InChI=1S/C25H27N5O2/c26-21-12-18-4-1-2-6-22(18)28-24(21)19-5-3-11-29(15-19)25(32)20-13-23(31)30(16-20)14-17-7-9-27-10-8-17/h1-2,4,6-10,12,19-20H,3,5,11,13-16,26H2/t19-,20-/m0/s1. The number of piperidine rings is 1. The Morgan fingerprint density at radius 1 is 1.12 bits per heavy atom. The van der Waals surface area contributed by atoms with Crippen molar-refractivity contribution >= 4 is 28.4 Å². The van der Waals surface area contributed by atoms with Crippen LogP contribution in [-0.4, -0.2) is 51.2 Å². The van der Waals surface area contributed by atoms with Gasteiger partial charge in [-0.2, -0.15) is 0 Å². The number of aromatic nitrogens is 2. The van der Waals surface area contributed by atoms with Crippen molar-refractivity contribution < 1.29 is 9.59 Å². The number of carbonyl (C=O) groups is 2. The lowest BCUT2D eigenvalue weighted by molar-refractivity contribution is -0.137. The molecule has 2 aromatic heterocycles. The van der Waals surface area contributed by atoms with Crippen molar-refractivity contribution in [1.29, 1.82) is 0 Å². The number of anilines is 1. The highest BCUT2D eigenvalue weighted by molar-refractivity contribution is 5.89. The lowest BCUT2D eigenvalue weighted by Gasteiger charge is -2.34. The number of nitrogens with zero attached hydrogens (tertiary/aromatic N) is 4. The molecule has 2 aliphatic rings. The summed E-state index contributed by atoms with van der Waals surface area (Å²) < 4.78 is 0. The summed E-state index contributed by atoms with van der Waals surface area (Å²) in [7, 11) is 0. The van der Waals surface area contributed by atoms with E-state index >= 15 is 0 Å². The summed E-state index contributed by atoms with van der Waals surface area (Å²) in [6, 6.07) is 13.7. The maximum absolute atomic E-state index is 13.3. The predicted octanol–water partition coefficient (Wildman–Crippen LogP) is 2.97. The molecule has 0 spiro atoms. The summed E-state index contributed by atoms with van der Waals surface area (Å²) in [5.74, 6) is -0.0684. The van der Waals surface area contributed by atoms with Crippen LogP contribution in [0.5, 0.6) is 0 Å². The highest BCUT2D eigenvalue weighted by atomic mass is 16.2. The second-order valence-electron chi connectivity index (χ2n) is 8.81. The Morgan fingerprint density at radius 3 is 2.78 bits per heavy atom. The van der Waals surface area contributed by atoms with Crippen molar-refractivity contribution in [3.63, 3.8) is 0 Å². The predicted molar refractivity (Wildman–Crippen MR) is 122 cm³/mol. The Labute approximate surface area is 187 Å². The molecule has 0 radical (unpaired) electrons. The van der Waals surface area contributed by atoms with Gasteiger partial charge in [-0.15, -0.1) is 0 Å². The normalized spacial score (nSPS) is 21.3. The van der Waals surface area contributed by atoms with Gasteiger partial charge in [0.1, 0.15) is 0 Å². The SMILES string of the molecule is Nc1cc2ccccc2nc1[C@H]1CCCN(C(=O)[C@H]2CC(=O)N(Cc3ccncc3)C2)C1. The summed E-state index contributed by atoms with van der Waals surface area (Å²) in [4.78, 5) is 38.4. The second-order valence-corrected chi connectivity index (χ2v) is 8.81. The van der Waals surface area contributed by atoms with E-state index in [-0.39, 0.29) is 30.1 Å². The molecular formula is C25H27N5O2. The Hall–Kier alpha value is -3.48. The Kier molecular flexibility index (Phi) is 5.47. The van der Waals surface area contributed by atoms with Gasteiger partial charge in [0.05, 0.1) is 22.8 Å². The highest BCUT2D eigenvalue weighted by Gasteiger charge is 2.38. The minimum absolute atomic E-state index is 0.0363. The quantitative estimate of drug-likeness (QED) is 0.688. The van der Waals surface area contributed by atoms with Crippen LogP contribution in [0, 0.1) is 5.92 Å². The van der Waals surface area contributed by atoms with Crippen LogP contribution in [-0.2, 0) is 16.1 Å². The van der Waals surface area contributed by atoms with Gasteiger partial charge in [-0.25, -0.2) is 0 Å². The maximum atomic E-state index is 13.3. The first-order valence-corrected chi connectivity index (χ1v) is 11.2. The van der Waals surface area contributed by atoms with Crippen molar-refractivity contribution in [3.8, 4) is 0 Å². The number of amides is 2. The van der Waals surface area contributed by atoms with E-state index in [1.165, 1.54) is 0 Å². The molecule has 2 amide bonds. The van der Waals surface area contributed by atoms with Crippen LogP contribution in [0.2, 0.25) is 0 Å². The molecule has 32 heavy (non-hydrogen) atoms. The molecule has 4 heterocycles. The highest BCUT2D eigenvalue weighted by Crippen LogP contribution is 2.33. The molecule has 0 bridgehead atoms. The third kappa shape index (κ3) is 4.02. The number of carbonyl (C=O) groups excluding carboxylic acids is 2.